The molecular weight excluding hydrogens is 490 g/mol. The lowest BCUT2D eigenvalue weighted by atomic mass is 10.0. The van der Waals surface area contributed by atoms with E-state index in [1.165, 1.54) is 27.2 Å². The minimum atomic E-state index is 0.510. The van der Waals surface area contributed by atoms with Crippen molar-refractivity contribution in [1.82, 2.24) is 14.8 Å². The normalized spacial score (nSPS) is 11.5. The van der Waals surface area contributed by atoms with Gasteiger partial charge in [0, 0.05) is 27.6 Å². The van der Waals surface area contributed by atoms with E-state index in [4.69, 9.17) is 4.42 Å². The Hall–Kier alpha value is -5.48. The fourth-order valence-electron chi connectivity index (χ4n) is 5.59. The van der Waals surface area contributed by atoms with Crippen molar-refractivity contribution in [2.45, 2.75) is 0 Å². The molecular formula is C36H23N3O. The number of hydrogen-bond donors (Lipinski definition) is 0. The molecule has 0 fully saturated rings. The standard InChI is InChI=1S/C36H23N3O/c1-2-10-30(11-3-1)39-33-13-7-6-12-31(33)32-23-28(20-21-34(32)39)25-14-17-26(18-15-25)35-37-38-36(40-35)29-19-16-24-8-4-5-9-27(24)22-29/h1-23H. The predicted molar refractivity (Wildman–Crippen MR) is 162 cm³/mol. The molecule has 0 spiro atoms. The average Bonchev–Trinajstić information content (AvgIpc) is 3.65. The van der Waals surface area contributed by atoms with Gasteiger partial charge >= 0.3 is 0 Å². The molecule has 0 bridgehead atoms. The van der Waals surface area contributed by atoms with Crippen LogP contribution in [0, 0.1) is 0 Å². The van der Waals surface area contributed by atoms with Crippen LogP contribution in [-0.4, -0.2) is 14.8 Å². The summed E-state index contributed by atoms with van der Waals surface area (Å²) < 4.78 is 8.41. The third kappa shape index (κ3) is 3.69. The molecule has 0 amide bonds. The van der Waals surface area contributed by atoms with E-state index in [0.29, 0.717) is 11.8 Å². The number of fused-ring (bicyclic) bond motifs is 4. The fraction of sp³-hybridized carbons (Fsp3) is 0. The van der Waals surface area contributed by atoms with E-state index < -0.39 is 0 Å². The second-order valence-electron chi connectivity index (χ2n) is 9.97. The topological polar surface area (TPSA) is 43.9 Å². The molecule has 0 atom stereocenters. The number of rotatable bonds is 4. The Kier molecular flexibility index (Phi) is 5.10. The number of benzene rings is 6. The van der Waals surface area contributed by atoms with Gasteiger partial charge in [-0.05, 0) is 76.5 Å². The van der Waals surface area contributed by atoms with Crippen molar-refractivity contribution >= 4 is 32.6 Å². The van der Waals surface area contributed by atoms with E-state index in [1.807, 2.05) is 30.3 Å². The third-order valence-electron chi connectivity index (χ3n) is 7.57. The van der Waals surface area contributed by atoms with Crippen molar-refractivity contribution in [1.29, 1.82) is 0 Å². The molecule has 0 N–H and O–H groups in total. The molecule has 40 heavy (non-hydrogen) atoms. The van der Waals surface area contributed by atoms with Crippen LogP contribution in [0.25, 0.3) is 72.3 Å². The minimum Gasteiger partial charge on any atom is -0.416 e. The first-order chi connectivity index (χ1) is 19.8. The summed E-state index contributed by atoms with van der Waals surface area (Å²) in [6.45, 7) is 0. The van der Waals surface area contributed by atoms with Crippen LogP contribution in [0.1, 0.15) is 0 Å². The highest BCUT2D eigenvalue weighted by Gasteiger charge is 2.14. The monoisotopic (exact) mass is 513 g/mol. The lowest BCUT2D eigenvalue weighted by Crippen LogP contribution is -1.92. The SMILES string of the molecule is c1ccc(-n2c3ccccc3c3cc(-c4ccc(-c5nnc(-c6ccc7ccccc7c6)o5)cc4)ccc32)cc1. The predicted octanol–water partition coefficient (Wildman–Crippen LogP) is 9.32. The Morgan fingerprint density at radius 3 is 1.90 bits per heavy atom. The third-order valence-corrected chi connectivity index (χ3v) is 7.57. The van der Waals surface area contributed by atoms with Gasteiger partial charge in [-0.1, -0.05) is 84.9 Å². The Morgan fingerprint density at radius 2 is 1.05 bits per heavy atom. The van der Waals surface area contributed by atoms with Crippen LogP contribution in [0.3, 0.4) is 0 Å². The van der Waals surface area contributed by atoms with Gasteiger partial charge in [0.05, 0.1) is 11.0 Å². The van der Waals surface area contributed by atoms with Crippen LogP contribution < -0.4 is 0 Å². The first-order valence-electron chi connectivity index (χ1n) is 13.3. The van der Waals surface area contributed by atoms with E-state index >= 15 is 0 Å². The number of nitrogens with zero attached hydrogens (tertiary/aromatic N) is 3. The summed E-state index contributed by atoms with van der Waals surface area (Å²) in [5, 5.41) is 13.5. The lowest BCUT2D eigenvalue weighted by molar-refractivity contribution is 0.584. The molecule has 0 radical (unpaired) electrons. The van der Waals surface area contributed by atoms with Gasteiger partial charge in [0.15, 0.2) is 0 Å². The largest absolute Gasteiger partial charge is 0.416 e. The summed E-state index contributed by atoms with van der Waals surface area (Å²) in [6, 6.07) is 48.6. The Bertz CT molecular complexity index is 2160. The molecule has 0 aliphatic heterocycles. The Balaban J connectivity index is 1.14. The lowest BCUT2D eigenvalue weighted by Gasteiger charge is -2.08. The van der Waals surface area contributed by atoms with Crippen LogP contribution in [0.4, 0.5) is 0 Å². The summed E-state index contributed by atoms with van der Waals surface area (Å²) >= 11 is 0. The molecule has 0 saturated carbocycles. The van der Waals surface area contributed by atoms with Gasteiger partial charge < -0.3 is 8.98 Å². The number of aromatic nitrogens is 3. The first-order valence-corrected chi connectivity index (χ1v) is 13.3. The molecule has 0 aliphatic rings. The van der Waals surface area contributed by atoms with Gasteiger partial charge in [0.1, 0.15) is 0 Å². The minimum absolute atomic E-state index is 0.510. The molecule has 4 nitrogen and oxygen atoms in total. The van der Waals surface area contributed by atoms with Gasteiger partial charge in [0.25, 0.3) is 0 Å². The van der Waals surface area contributed by atoms with Crippen molar-refractivity contribution in [3.63, 3.8) is 0 Å². The van der Waals surface area contributed by atoms with Crippen molar-refractivity contribution in [3.05, 3.63) is 140 Å². The van der Waals surface area contributed by atoms with Gasteiger partial charge in [-0.25, -0.2) is 0 Å². The highest BCUT2D eigenvalue weighted by Crippen LogP contribution is 2.35. The zero-order valence-corrected chi connectivity index (χ0v) is 21.5. The molecule has 2 heterocycles. The Morgan fingerprint density at radius 1 is 0.425 bits per heavy atom. The highest BCUT2D eigenvalue weighted by molar-refractivity contribution is 6.10. The summed E-state index contributed by atoms with van der Waals surface area (Å²) in [7, 11) is 0. The quantitative estimate of drug-likeness (QED) is 0.235. The fourth-order valence-corrected chi connectivity index (χ4v) is 5.59. The van der Waals surface area contributed by atoms with Crippen molar-refractivity contribution in [2.24, 2.45) is 0 Å². The van der Waals surface area contributed by atoms with Crippen molar-refractivity contribution < 1.29 is 4.42 Å². The van der Waals surface area contributed by atoms with E-state index in [9.17, 15) is 0 Å². The summed E-state index contributed by atoms with van der Waals surface area (Å²) in [5.74, 6) is 1.03. The van der Waals surface area contributed by atoms with E-state index in [0.717, 1.165) is 33.3 Å². The maximum absolute atomic E-state index is 6.08. The molecule has 8 aromatic rings. The second-order valence-corrected chi connectivity index (χ2v) is 9.97. The van der Waals surface area contributed by atoms with E-state index in [1.54, 1.807) is 0 Å². The number of para-hydroxylation sites is 2. The molecule has 0 aliphatic carbocycles. The maximum Gasteiger partial charge on any atom is 0.248 e. The maximum atomic E-state index is 6.08. The van der Waals surface area contributed by atoms with Gasteiger partial charge in [-0.3, -0.25) is 0 Å². The molecule has 6 aromatic carbocycles. The number of hydrogen-bond acceptors (Lipinski definition) is 3. The molecule has 188 valence electrons. The highest BCUT2D eigenvalue weighted by atomic mass is 16.4. The van der Waals surface area contributed by atoms with Crippen LogP contribution >= 0.6 is 0 Å². The first kappa shape index (κ1) is 22.5. The smallest absolute Gasteiger partial charge is 0.248 e. The second kappa shape index (κ2) is 9.07. The molecule has 2 aromatic heterocycles. The van der Waals surface area contributed by atoms with E-state index in [2.05, 4.69) is 124 Å². The van der Waals surface area contributed by atoms with Gasteiger partial charge in [0.2, 0.25) is 11.8 Å². The summed E-state index contributed by atoms with van der Waals surface area (Å²) in [4.78, 5) is 0. The molecule has 4 heteroatoms. The van der Waals surface area contributed by atoms with Crippen LogP contribution in [-0.2, 0) is 0 Å². The Labute approximate surface area is 230 Å². The van der Waals surface area contributed by atoms with Crippen LogP contribution in [0.5, 0.6) is 0 Å². The zero-order valence-electron chi connectivity index (χ0n) is 21.5. The zero-order chi connectivity index (χ0) is 26.5. The van der Waals surface area contributed by atoms with Gasteiger partial charge in [-0.15, -0.1) is 10.2 Å². The molecule has 0 saturated heterocycles. The average molecular weight is 514 g/mol. The molecule has 8 rings (SSSR count). The van der Waals surface area contributed by atoms with Crippen molar-refractivity contribution in [3.8, 4) is 39.7 Å². The van der Waals surface area contributed by atoms with E-state index in [-0.39, 0.29) is 0 Å². The summed E-state index contributed by atoms with van der Waals surface area (Å²) in [6.07, 6.45) is 0. The summed E-state index contributed by atoms with van der Waals surface area (Å²) in [5.41, 5.74) is 7.67. The van der Waals surface area contributed by atoms with Gasteiger partial charge in [-0.2, -0.15) is 0 Å². The van der Waals surface area contributed by atoms with Crippen molar-refractivity contribution in [2.75, 3.05) is 0 Å². The van der Waals surface area contributed by atoms with Crippen LogP contribution in [0.2, 0.25) is 0 Å². The molecule has 0 unspecified atom stereocenters. The van der Waals surface area contributed by atoms with Crippen LogP contribution in [0.15, 0.2) is 144 Å².